The zero-order valence-electron chi connectivity index (χ0n) is 11.1. The van der Waals surface area contributed by atoms with Crippen molar-refractivity contribution in [2.45, 2.75) is 13.8 Å². The molecule has 3 aromatic rings. The molecule has 0 bridgehead atoms. The lowest BCUT2D eigenvalue weighted by Gasteiger charge is -2.06. The van der Waals surface area contributed by atoms with Gasteiger partial charge in [-0.25, -0.2) is 20.2 Å². The van der Waals surface area contributed by atoms with Gasteiger partial charge in [-0.1, -0.05) is 18.2 Å². The summed E-state index contributed by atoms with van der Waals surface area (Å²) < 4.78 is 19.4. The molecule has 5 nitrogen and oxygen atoms in total. The minimum absolute atomic E-state index is 0.0304. The third kappa shape index (κ3) is 1.81. The van der Waals surface area contributed by atoms with E-state index in [0.29, 0.717) is 11.6 Å². The van der Waals surface area contributed by atoms with Gasteiger partial charge in [0, 0.05) is 5.39 Å². The largest absolute Gasteiger partial charge is 0.461 e. The van der Waals surface area contributed by atoms with Crippen molar-refractivity contribution in [2.75, 3.05) is 5.43 Å². The molecule has 20 heavy (non-hydrogen) atoms. The van der Waals surface area contributed by atoms with E-state index < -0.39 is 5.82 Å². The normalized spacial score (nSPS) is 11.0. The van der Waals surface area contributed by atoms with Gasteiger partial charge in [0.25, 0.3) is 0 Å². The number of aryl methyl sites for hydroxylation is 2. The van der Waals surface area contributed by atoms with Gasteiger partial charge in [0.05, 0.1) is 11.3 Å². The number of aromatic nitrogens is 2. The summed E-state index contributed by atoms with van der Waals surface area (Å²) in [5.41, 5.74) is 3.97. The summed E-state index contributed by atoms with van der Waals surface area (Å²) >= 11 is 0. The maximum absolute atomic E-state index is 13.7. The van der Waals surface area contributed by atoms with E-state index in [1.807, 2.05) is 31.2 Å². The third-order valence-electron chi connectivity index (χ3n) is 3.15. The Bertz CT molecular complexity index is 797. The molecule has 1 aromatic carbocycles. The summed E-state index contributed by atoms with van der Waals surface area (Å²) in [5.74, 6) is 5.77. The van der Waals surface area contributed by atoms with Crippen LogP contribution in [0.4, 0.5) is 10.2 Å². The molecular weight excluding hydrogens is 259 g/mol. The van der Waals surface area contributed by atoms with Crippen molar-refractivity contribution >= 4 is 16.8 Å². The Morgan fingerprint density at radius 2 is 1.95 bits per heavy atom. The molecule has 3 N–H and O–H groups in total. The van der Waals surface area contributed by atoms with E-state index in [9.17, 15) is 4.39 Å². The van der Waals surface area contributed by atoms with Gasteiger partial charge in [0.15, 0.2) is 17.5 Å². The number of hydrazine groups is 1. The number of benzene rings is 1. The van der Waals surface area contributed by atoms with Gasteiger partial charge in [0.2, 0.25) is 0 Å². The first-order chi connectivity index (χ1) is 9.61. The van der Waals surface area contributed by atoms with Crippen molar-refractivity contribution in [3.05, 3.63) is 41.5 Å². The standard InChI is InChI=1S/C14H13FN4O/c1-7-12(15)14(19-16)18-13(17-7)11-8(2)20-10-6-4-3-5-9(10)11/h3-6H,16H2,1-2H3,(H,17,18,19). The van der Waals surface area contributed by atoms with Crippen LogP contribution in [-0.2, 0) is 0 Å². The van der Waals surface area contributed by atoms with Crippen LogP contribution in [0.25, 0.3) is 22.4 Å². The third-order valence-corrected chi connectivity index (χ3v) is 3.15. The number of anilines is 1. The molecule has 2 heterocycles. The fourth-order valence-electron chi connectivity index (χ4n) is 2.21. The van der Waals surface area contributed by atoms with E-state index >= 15 is 0 Å². The van der Waals surface area contributed by atoms with Crippen molar-refractivity contribution in [1.82, 2.24) is 9.97 Å². The van der Waals surface area contributed by atoms with Crippen LogP contribution < -0.4 is 11.3 Å². The Kier molecular flexibility index (Phi) is 2.87. The molecule has 0 spiro atoms. The quantitative estimate of drug-likeness (QED) is 0.554. The number of fused-ring (bicyclic) bond motifs is 1. The average Bonchev–Trinajstić information content (AvgIpc) is 2.77. The number of nitrogen functional groups attached to an aromatic ring is 1. The van der Waals surface area contributed by atoms with Gasteiger partial charge in [-0.05, 0) is 19.9 Å². The number of hydrogen-bond acceptors (Lipinski definition) is 5. The second kappa shape index (κ2) is 4.57. The molecule has 0 saturated heterocycles. The summed E-state index contributed by atoms with van der Waals surface area (Å²) in [6.07, 6.45) is 0. The predicted molar refractivity (Wildman–Crippen MR) is 74.5 cm³/mol. The van der Waals surface area contributed by atoms with Crippen molar-refractivity contribution in [2.24, 2.45) is 5.84 Å². The fraction of sp³-hybridized carbons (Fsp3) is 0.143. The van der Waals surface area contributed by atoms with Crippen LogP contribution in [0.3, 0.4) is 0 Å². The molecule has 0 unspecified atom stereocenters. The Balaban J connectivity index is 2.31. The molecule has 0 fully saturated rings. The smallest absolute Gasteiger partial charge is 0.187 e. The van der Waals surface area contributed by atoms with Gasteiger partial charge in [-0.2, -0.15) is 0 Å². The second-order valence-corrected chi connectivity index (χ2v) is 4.47. The molecule has 102 valence electrons. The first kappa shape index (κ1) is 12.6. The van der Waals surface area contributed by atoms with E-state index in [0.717, 1.165) is 16.5 Å². The highest BCUT2D eigenvalue weighted by Gasteiger charge is 2.18. The number of hydrogen-bond donors (Lipinski definition) is 2. The van der Waals surface area contributed by atoms with Gasteiger partial charge in [0.1, 0.15) is 11.3 Å². The monoisotopic (exact) mass is 272 g/mol. The van der Waals surface area contributed by atoms with Crippen LogP contribution in [0.15, 0.2) is 28.7 Å². The van der Waals surface area contributed by atoms with Crippen molar-refractivity contribution in [3.8, 4) is 11.4 Å². The summed E-state index contributed by atoms with van der Waals surface area (Å²) in [5, 5.41) is 0.888. The molecule has 0 aliphatic carbocycles. The second-order valence-electron chi connectivity index (χ2n) is 4.47. The number of nitrogens with zero attached hydrogens (tertiary/aromatic N) is 2. The van der Waals surface area contributed by atoms with E-state index in [1.165, 1.54) is 0 Å². The topological polar surface area (TPSA) is 77.0 Å². The number of rotatable bonds is 2. The molecule has 0 saturated carbocycles. The number of halogens is 1. The number of nitrogens with two attached hydrogens (primary N) is 1. The highest BCUT2D eigenvalue weighted by Crippen LogP contribution is 2.33. The van der Waals surface area contributed by atoms with E-state index in [4.69, 9.17) is 10.3 Å². The van der Waals surface area contributed by atoms with Crippen LogP contribution in [0, 0.1) is 19.7 Å². The SMILES string of the molecule is Cc1nc(-c2c(C)oc3ccccc23)nc(NN)c1F. The Morgan fingerprint density at radius 1 is 1.20 bits per heavy atom. The zero-order chi connectivity index (χ0) is 14.3. The van der Waals surface area contributed by atoms with Crippen molar-refractivity contribution in [1.29, 1.82) is 0 Å². The fourth-order valence-corrected chi connectivity index (χ4v) is 2.21. The van der Waals surface area contributed by atoms with E-state index in [-0.39, 0.29) is 11.5 Å². The molecule has 2 aromatic heterocycles. The van der Waals surface area contributed by atoms with Crippen LogP contribution in [0.5, 0.6) is 0 Å². The molecule has 3 rings (SSSR count). The van der Waals surface area contributed by atoms with Gasteiger partial charge < -0.3 is 9.84 Å². The van der Waals surface area contributed by atoms with Gasteiger partial charge in [-0.3, -0.25) is 0 Å². The van der Waals surface area contributed by atoms with Crippen molar-refractivity contribution in [3.63, 3.8) is 0 Å². The lowest BCUT2D eigenvalue weighted by atomic mass is 10.1. The molecule has 0 radical (unpaired) electrons. The summed E-state index contributed by atoms with van der Waals surface area (Å²) in [6.45, 7) is 3.39. The maximum Gasteiger partial charge on any atom is 0.187 e. The summed E-state index contributed by atoms with van der Waals surface area (Å²) in [4.78, 5) is 8.32. The minimum Gasteiger partial charge on any atom is -0.461 e. The minimum atomic E-state index is -0.554. The molecule has 0 atom stereocenters. The molecule has 6 heteroatoms. The Hall–Kier alpha value is -2.47. The summed E-state index contributed by atoms with van der Waals surface area (Å²) in [6, 6.07) is 7.57. The maximum atomic E-state index is 13.7. The van der Waals surface area contributed by atoms with Crippen molar-refractivity contribution < 1.29 is 8.81 Å². The lowest BCUT2D eigenvalue weighted by molar-refractivity contribution is 0.578. The van der Waals surface area contributed by atoms with Crippen LogP contribution >= 0.6 is 0 Å². The molecule has 0 aliphatic rings. The number of furan rings is 1. The van der Waals surface area contributed by atoms with Crippen LogP contribution in [0.2, 0.25) is 0 Å². The number of nitrogens with one attached hydrogen (secondary N) is 1. The van der Waals surface area contributed by atoms with Crippen LogP contribution in [-0.4, -0.2) is 9.97 Å². The lowest BCUT2D eigenvalue weighted by Crippen LogP contribution is -2.13. The highest BCUT2D eigenvalue weighted by atomic mass is 19.1. The van der Waals surface area contributed by atoms with E-state index in [1.54, 1.807) is 6.92 Å². The Labute approximate surface area is 114 Å². The van der Waals surface area contributed by atoms with E-state index in [2.05, 4.69) is 15.4 Å². The molecule has 0 aliphatic heterocycles. The molecular formula is C14H13FN4O. The average molecular weight is 272 g/mol. The van der Waals surface area contributed by atoms with Crippen LogP contribution in [0.1, 0.15) is 11.5 Å². The summed E-state index contributed by atoms with van der Waals surface area (Å²) in [7, 11) is 0. The molecule has 0 amide bonds. The zero-order valence-corrected chi connectivity index (χ0v) is 11.1. The number of para-hydroxylation sites is 1. The highest BCUT2D eigenvalue weighted by molar-refractivity contribution is 5.93. The Morgan fingerprint density at radius 3 is 2.70 bits per heavy atom. The first-order valence-corrected chi connectivity index (χ1v) is 6.11. The first-order valence-electron chi connectivity index (χ1n) is 6.11. The predicted octanol–water partition coefficient (Wildman–Crippen LogP) is 2.93. The van der Waals surface area contributed by atoms with Gasteiger partial charge in [-0.15, -0.1) is 0 Å². The van der Waals surface area contributed by atoms with Gasteiger partial charge >= 0.3 is 0 Å².